The number of anilines is 1. The van der Waals surface area contributed by atoms with Crippen molar-refractivity contribution in [2.75, 3.05) is 5.32 Å². The Morgan fingerprint density at radius 3 is 2.72 bits per heavy atom. The molecule has 0 saturated carbocycles. The lowest BCUT2D eigenvalue weighted by atomic mass is 10.1. The zero-order valence-electron chi connectivity index (χ0n) is 17.3. The molecule has 5 aromatic heterocycles. The normalized spacial score (nSPS) is 11.3. The maximum absolute atomic E-state index is 13.3. The summed E-state index contributed by atoms with van der Waals surface area (Å²) in [7, 11) is 0. The Bertz CT molecular complexity index is 1480. The van der Waals surface area contributed by atoms with Crippen LogP contribution in [0.3, 0.4) is 0 Å². The monoisotopic (exact) mass is 426 g/mol. The number of imidazole rings is 1. The van der Waals surface area contributed by atoms with E-state index in [9.17, 15) is 9.59 Å². The molecular weight excluding hydrogens is 408 g/mol. The number of aromatic nitrogens is 7. The Kier molecular flexibility index (Phi) is 4.66. The van der Waals surface area contributed by atoms with E-state index in [1.807, 2.05) is 18.4 Å². The number of pyridine rings is 2. The van der Waals surface area contributed by atoms with E-state index < -0.39 is 0 Å². The number of amides is 1. The maximum Gasteiger partial charge on any atom is 0.257 e. The van der Waals surface area contributed by atoms with Gasteiger partial charge in [-0.25, -0.2) is 19.9 Å². The van der Waals surface area contributed by atoms with Crippen LogP contribution in [0.25, 0.3) is 22.2 Å². The van der Waals surface area contributed by atoms with Crippen molar-refractivity contribution in [3.63, 3.8) is 0 Å². The van der Waals surface area contributed by atoms with Crippen LogP contribution in [-0.4, -0.2) is 46.2 Å². The molecule has 2 N–H and O–H groups in total. The number of hydrogen-bond donors (Lipinski definition) is 2. The van der Waals surface area contributed by atoms with Gasteiger partial charge in [-0.15, -0.1) is 0 Å². The molecule has 0 bridgehead atoms. The van der Waals surface area contributed by atoms with Gasteiger partial charge in [0.05, 0.1) is 34.9 Å². The number of fused-ring (bicyclic) bond motifs is 2. The summed E-state index contributed by atoms with van der Waals surface area (Å²) in [5.74, 6) is -0.599. The molecule has 5 rings (SSSR count). The predicted octanol–water partition coefficient (Wildman–Crippen LogP) is 3.16. The van der Waals surface area contributed by atoms with E-state index in [-0.39, 0.29) is 17.7 Å². The largest absolute Gasteiger partial charge is 0.343 e. The molecule has 10 heteroatoms. The van der Waals surface area contributed by atoms with Gasteiger partial charge in [0.2, 0.25) is 0 Å². The second kappa shape index (κ2) is 7.65. The number of H-pyrrole nitrogens is 1. The molecule has 1 amide bonds. The van der Waals surface area contributed by atoms with Gasteiger partial charge in [0, 0.05) is 41.8 Å². The summed E-state index contributed by atoms with van der Waals surface area (Å²) in [4.78, 5) is 49.6. The van der Waals surface area contributed by atoms with E-state index in [0.29, 0.717) is 44.6 Å². The van der Waals surface area contributed by atoms with Gasteiger partial charge in [-0.05, 0) is 26.0 Å². The Balaban J connectivity index is 1.44. The number of rotatable bonds is 5. The van der Waals surface area contributed by atoms with Crippen LogP contribution in [0.1, 0.15) is 46.2 Å². The molecule has 0 fully saturated rings. The fourth-order valence-corrected chi connectivity index (χ4v) is 3.51. The standard InChI is InChI=1S/C22H18N8O2/c1-12(2)30-9-17(16-8-24-10-28-21(16)30)19(31)13-3-15(7-23-5-13)29-22(32)14-4-18-20(25-6-14)27-11-26-18/h3-12H,1-2H3,(H,29,32)(H,25,26,27). The molecule has 5 aromatic rings. The minimum absolute atomic E-state index is 0.124. The highest BCUT2D eigenvalue weighted by atomic mass is 16.1. The van der Waals surface area contributed by atoms with Crippen LogP contribution >= 0.6 is 0 Å². The number of hydrogen-bond acceptors (Lipinski definition) is 7. The van der Waals surface area contributed by atoms with Crippen LogP contribution in [0.5, 0.6) is 0 Å². The molecule has 0 atom stereocenters. The van der Waals surface area contributed by atoms with Crippen molar-refractivity contribution in [1.29, 1.82) is 0 Å². The van der Waals surface area contributed by atoms with Gasteiger partial charge in [-0.1, -0.05) is 0 Å². The molecule has 0 aliphatic rings. The molecule has 10 nitrogen and oxygen atoms in total. The fraction of sp³-hybridized carbons (Fsp3) is 0.136. The summed E-state index contributed by atoms with van der Waals surface area (Å²) in [5, 5.41) is 3.43. The van der Waals surface area contributed by atoms with Gasteiger partial charge in [0.1, 0.15) is 12.0 Å². The molecule has 5 heterocycles. The molecule has 0 aromatic carbocycles. The zero-order chi connectivity index (χ0) is 22.2. The van der Waals surface area contributed by atoms with Gasteiger partial charge in [0.25, 0.3) is 5.91 Å². The number of carbonyl (C=O) groups is 2. The average molecular weight is 426 g/mol. The molecule has 32 heavy (non-hydrogen) atoms. The van der Waals surface area contributed by atoms with E-state index in [0.717, 1.165) is 0 Å². The van der Waals surface area contributed by atoms with Crippen LogP contribution < -0.4 is 5.32 Å². The molecule has 0 aliphatic heterocycles. The number of nitrogens with one attached hydrogen (secondary N) is 2. The second-order valence-electron chi connectivity index (χ2n) is 7.55. The van der Waals surface area contributed by atoms with Crippen molar-refractivity contribution in [2.45, 2.75) is 19.9 Å². The molecule has 0 unspecified atom stereocenters. The van der Waals surface area contributed by atoms with Crippen molar-refractivity contribution >= 4 is 39.6 Å². The van der Waals surface area contributed by atoms with Gasteiger partial charge in [-0.3, -0.25) is 14.6 Å². The van der Waals surface area contributed by atoms with E-state index in [4.69, 9.17) is 0 Å². The van der Waals surface area contributed by atoms with Crippen LogP contribution in [0.2, 0.25) is 0 Å². The van der Waals surface area contributed by atoms with Crippen LogP contribution in [0.4, 0.5) is 5.69 Å². The number of ketones is 1. The molecule has 0 spiro atoms. The third kappa shape index (κ3) is 3.37. The first-order chi connectivity index (χ1) is 15.5. The topological polar surface area (TPSA) is 131 Å². The highest BCUT2D eigenvalue weighted by Gasteiger charge is 2.20. The summed E-state index contributed by atoms with van der Waals surface area (Å²) in [6, 6.07) is 3.38. The lowest BCUT2D eigenvalue weighted by Crippen LogP contribution is -2.13. The summed E-state index contributed by atoms with van der Waals surface area (Å²) < 4.78 is 1.93. The van der Waals surface area contributed by atoms with Gasteiger partial charge in [-0.2, -0.15) is 0 Å². The van der Waals surface area contributed by atoms with Crippen LogP contribution in [0, 0.1) is 0 Å². The lowest BCUT2D eigenvalue weighted by Gasteiger charge is -2.07. The summed E-state index contributed by atoms with van der Waals surface area (Å²) >= 11 is 0. The lowest BCUT2D eigenvalue weighted by molar-refractivity contribution is 0.102. The quantitative estimate of drug-likeness (QED) is 0.413. The highest BCUT2D eigenvalue weighted by molar-refractivity contribution is 6.16. The predicted molar refractivity (Wildman–Crippen MR) is 117 cm³/mol. The molecule has 0 saturated heterocycles. The first-order valence-corrected chi connectivity index (χ1v) is 9.92. The summed E-state index contributed by atoms with van der Waals surface area (Å²) in [6.45, 7) is 4.03. The SMILES string of the molecule is CC(C)n1cc(C(=O)c2cncc(NC(=O)c3cnc4nc[nH]c4c3)c2)c2cncnc21. The third-order valence-corrected chi connectivity index (χ3v) is 5.09. The fourth-order valence-electron chi connectivity index (χ4n) is 3.51. The molecule has 0 radical (unpaired) electrons. The van der Waals surface area contributed by atoms with Crippen molar-refractivity contribution in [1.82, 2.24) is 34.5 Å². The van der Waals surface area contributed by atoms with E-state index >= 15 is 0 Å². The second-order valence-corrected chi connectivity index (χ2v) is 7.55. The first kappa shape index (κ1) is 19.5. The van der Waals surface area contributed by atoms with Crippen molar-refractivity contribution in [3.05, 3.63) is 72.5 Å². The van der Waals surface area contributed by atoms with Crippen LogP contribution in [-0.2, 0) is 0 Å². The minimum Gasteiger partial charge on any atom is -0.343 e. The van der Waals surface area contributed by atoms with Crippen LogP contribution in [0.15, 0.2) is 55.8 Å². The number of carbonyl (C=O) groups excluding carboxylic acids is 2. The Morgan fingerprint density at radius 1 is 1.00 bits per heavy atom. The summed E-state index contributed by atoms with van der Waals surface area (Å²) in [6.07, 6.45) is 10.8. The number of aromatic amines is 1. The molecule has 0 aliphatic carbocycles. The van der Waals surface area contributed by atoms with Crippen molar-refractivity contribution in [3.8, 4) is 0 Å². The smallest absolute Gasteiger partial charge is 0.257 e. The van der Waals surface area contributed by atoms with Crippen molar-refractivity contribution in [2.24, 2.45) is 0 Å². The summed E-state index contributed by atoms with van der Waals surface area (Å²) in [5.41, 5.74) is 3.45. The highest BCUT2D eigenvalue weighted by Crippen LogP contribution is 2.25. The Labute approximate surface area is 181 Å². The first-order valence-electron chi connectivity index (χ1n) is 9.92. The number of nitrogens with zero attached hydrogens (tertiary/aromatic N) is 6. The Hall–Kier alpha value is -4.47. The van der Waals surface area contributed by atoms with E-state index in [2.05, 4.69) is 35.2 Å². The average Bonchev–Trinajstić information content (AvgIpc) is 3.43. The van der Waals surface area contributed by atoms with Crippen molar-refractivity contribution < 1.29 is 9.59 Å². The van der Waals surface area contributed by atoms with E-state index in [1.165, 1.54) is 31.2 Å². The molecule has 158 valence electrons. The molecular formula is C22H18N8O2. The van der Waals surface area contributed by atoms with Gasteiger partial charge in [0.15, 0.2) is 11.4 Å². The Morgan fingerprint density at radius 2 is 1.88 bits per heavy atom. The van der Waals surface area contributed by atoms with Gasteiger partial charge < -0.3 is 14.9 Å². The zero-order valence-corrected chi connectivity index (χ0v) is 17.3. The van der Waals surface area contributed by atoms with Gasteiger partial charge >= 0.3 is 0 Å². The maximum atomic E-state index is 13.3. The third-order valence-electron chi connectivity index (χ3n) is 5.09. The minimum atomic E-state index is -0.370. The van der Waals surface area contributed by atoms with E-state index in [1.54, 1.807) is 24.5 Å².